The van der Waals surface area contributed by atoms with Crippen molar-refractivity contribution >= 4 is 40.2 Å². The Balaban J connectivity index is 2.15. The van der Waals surface area contributed by atoms with Crippen LogP contribution >= 0.6 is 23.2 Å². The summed E-state index contributed by atoms with van der Waals surface area (Å²) in [4.78, 5) is 10.8. The number of fused-ring (bicyclic) bond motifs is 1. The van der Waals surface area contributed by atoms with Crippen molar-refractivity contribution in [3.63, 3.8) is 0 Å². The average molecular weight is 338 g/mol. The van der Waals surface area contributed by atoms with Gasteiger partial charge in [0.25, 0.3) is 0 Å². The number of imidazole rings is 1. The van der Waals surface area contributed by atoms with Gasteiger partial charge in [0.2, 0.25) is 5.28 Å². The van der Waals surface area contributed by atoms with Gasteiger partial charge in [-0.3, -0.25) is 4.57 Å². The maximum absolute atomic E-state index is 13.3. The SMILES string of the molecule is Nc1nc(F)nc2c1nc(Cl)n2[C@@H]1O[C@H](CCl)[C@@H](O)[C@H]1O. The standard InChI is InChI=1S/C10H10Cl2FN5O3/c11-1-2-4(19)5(20)8(21-2)18-7-3(15-9(18)12)6(14)16-10(13)17-7/h2,4-5,8,19-20H,1H2,(H2,14,16,17)/t2-,4-,5-,8-/m1/s1. The molecular weight excluding hydrogens is 328 g/mol. The number of nitrogen functional groups attached to an aromatic ring is 1. The van der Waals surface area contributed by atoms with Gasteiger partial charge in [0.15, 0.2) is 23.2 Å². The van der Waals surface area contributed by atoms with Gasteiger partial charge in [-0.2, -0.15) is 14.4 Å². The van der Waals surface area contributed by atoms with Crippen molar-refractivity contribution in [1.29, 1.82) is 0 Å². The van der Waals surface area contributed by atoms with Gasteiger partial charge in [-0.25, -0.2) is 4.98 Å². The predicted molar refractivity (Wildman–Crippen MR) is 71.3 cm³/mol. The summed E-state index contributed by atoms with van der Waals surface area (Å²) in [5.74, 6) is -0.232. The van der Waals surface area contributed by atoms with E-state index in [4.69, 9.17) is 33.7 Å². The molecule has 21 heavy (non-hydrogen) atoms. The minimum atomic E-state index is -1.33. The van der Waals surface area contributed by atoms with E-state index in [-0.39, 0.29) is 28.1 Å². The lowest BCUT2D eigenvalue weighted by molar-refractivity contribution is -0.0290. The van der Waals surface area contributed by atoms with Crippen molar-refractivity contribution < 1.29 is 19.3 Å². The number of anilines is 1. The van der Waals surface area contributed by atoms with Crippen LogP contribution in [0.5, 0.6) is 0 Å². The molecule has 1 aliphatic rings. The molecule has 8 nitrogen and oxygen atoms in total. The van der Waals surface area contributed by atoms with Gasteiger partial charge in [-0.15, -0.1) is 11.6 Å². The smallest absolute Gasteiger partial charge is 0.312 e. The van der Waals surface area contributed by atoms with Gasteiger partial charge >= 0.3 is 6.08 Å². The van der Waals surface area contributed by atoms with Gasteiger partial charge in [0.1, 0.15) is 18.3 Å². The number of aliphatic hydroxyl groups excluding tert-OH is 2. The second kappa shape index (κ2) is 5.18. The summed E-state index contributed by atoms with van der Waals surface area (Å²) >= 11 is 11.6. The van der Waals surface area contributed by atoms with E-state index in [1.54, 1.807) is 0 Å². The quantitative estimate of drug-likeness (QED) is 0.402. The highest BCUT2D eigenvalue weighted by Gasteiger charge is 2.44. The predicted octanol–water partition coefficient (Wildman–Crippen LogP) is 0.0590. The lowest BCUT2D eigenvalue weighted by Gasteiger charge is -2.17. The number of alkyl halides is 1. The van der Waals surface area contributed by atoms with Crippen molar-refractivity contribution in [2.75, 3.05) is 11.6 Å². The zero-order valence-electron chi connectivity index (χ0n) is 10.3. The molecule has 0 aromatic carbocycles. The molecule has 0 aliphatic carbocycles. The molecule has 0 spiro atoms. The number of aromatic nitrogens is 4. The molecule has 2 aromatic heterocycles. The Kier molecular flexibility index (Phi) is 3.62. The molecule has 0 saturated carbocycles. The first-order chi connectivity index (χ1) is 9.93. The Hall–Kier alpha value is -1.26. The molecule has 3 rings (SSSR count). The second-order valence-corrected chi connectivity index (χ2v) is 5.15. The third-order valence-electron chi connectivity index (χ3n) is 3.24. The molecular formula is C10H10Cl2FN5O3. The number of rotatable bonds is 2. The largest absolute Gasteiger partial charge is 0.387 e. The summed E-state index contributed by atoms with van der Waals surface area (Å²) in [6, 6.07) is 0. The van der Waals surface area contributed by atoms with Crippen molar-refractivity contribution in [1.82, 2.24) is 19.5 Å². The van der Waals surface area contributed by atoms with Gasteiger partial charge in [0.05, 0.1) is 5.88 Å². The molecule has 1 saturated heterocycles. The first kappa shape index (κ1) is 14.7. The summed E-state index contributed by atoms with van der Waals surface area (Å²) in [5.41, 5.74) is 5.58. The number of hydrogen-bond acceptors (Lipinski definition) is 7. The van der Waals surface area contributed by atoms with E-state index in [9.17, 15) is 14.6 Å². The molecule has 11 heteroatoms. The topological polar surface area (TPSA) is 119 Å². The molecule has 0 unspecified atom stereocenters. The van der Waals surface area contributed by atoms with Crippen molar-refractivity contribution in [2.45, 2.75) is 24.5 Å². The minimum absolute atomic E-state index is 0.0372. The third kappa shape index (κ3) is 2.21. The second-order valence-electron chi connectivity index (χ2n) is 4.50. The molecule has 0 radical (unpaired) electrons. The van der Waals surface area contributed by atoms with Crippen LogP contribution in [0.4, 0.5) is 10.2 Å². The van der Waals surface area contributed by atoms with Gasteiger partial charge < -0.3 is 20.7 Å². The number of aliphatic hydroxyl groups is 2. The van der Waals surface area contributed by atoms with Crippen LogP contribution in [0.2, 0.25) is 5.28 Å². The van der Waals surface area contributed by atoms with E-state index in [1.165, 1.54) is 0 Å². The molecule has 1 aliphatic heterocycles. The fraction of sp³-hybridized carbons (Fsp3) is 0.500. The minimum Gasteiger partial charge on any atom is -0.387 e. The summed E-state index contributed by atoms with van der Waals surface area (Å²) in [5, 5.41) is 19.7. The highest BCUT2D eigenvalue weighted by Crippen LogP contribution is 2.35. The molecule has 4 atom stereocenters. The number of halogens is 3. The Morgan fingerprint density at radius 1 is 1.29 bits per heavy atom. The van der Waals surface area contributed by atoms with Crippen molar-refractivity contribution in [2.24, 2.45) is 0 Å². The molecule has 4 N–H and O–H groups in total. The normalized spacial score (nSPS) is 29.4. The first-order valence-corrected chi connectivity index (χ1v) is 6.79. The molecule has 2 aromatic rings. The van der Waals surface area contributed by atoms with Gasteiger partial charge in [0, 0.05) is 0 Å². The molecule has 3 heterocycles. The van der Waals surface area contributed by atoms with E-state index in [0.29, 0.717) is 0 Å². The summed E-state index contributed by atoms with van der Waals surface area (Å²) < 4.78 is 19.9. The van der Waals surface area contributed by atoms with Crippen LogP contribution in [-0.4, -0.2) is 53.9 Å². The average Bonchev–Trinajstić information content (AvgIpc) is 2.89. The maximum atomic E-state index is 13.3. The maximum Gasteiger partial charge on any atom is 0.312 e. The zero-order chi connectivity index (χ0) is 15.3. The molecule has 1 fully saturated rings. The fourth-order valence-electron chi connectivity index (χ4n) is 2.24. The Morgan fingerprint density at radius 2 is 2.00 bits per heavy atom. The first-order valence-electron chi connectivity index (χ1n) is 5.88. The summed E-state index contributed by atoms with van der Waals surface area (Å²) in [6.07, 6.45) is -5.54. The monoisotopic (exact) mass is 337 g/mol. The van der Waals surface area contributed by atoms with Crippen molar-refractivity contribution in [3.8, 4) is 0 Å². The highest BCUT2D eigenvalue weighted by atomic mass is 35.5. The lowest BCUT2D eigenvalue weighted by atomic mass is 10.1. The van der Waals surface area contributed by atoms with E-state index >= 15 is 0 Å². The molecule has 0 bridgehead atoms. The van der Waals surface area contributed by atoms with Gasteiger partial charge in [-0.05, 0) is 11.6 Å². The van der Waals surface area contributed by atoms with Crippen LogP contribution in [0.25, 0.3) is 11.2 Å². The van der Waals surface area contributed by atoms with Crippen LogP contribution in [0.1, 0.15) is 6.23 Å². The Bertz CT molecular complexity index is 699. The Morgan fingerprint density at radius 3 is 2.62 bits per heavy atom. The van der Waals surface area contributed by atoms with Crippen LogP contribution in [-0.2, 0) is 4.74 Å². The molecule has 0 amide bonds. The highest BCUT2D eigenvalue weighted by molar-refractivity contribution is 6.29. The number of nitrogens with zero attached hydrogens (tertiary/aromatic N) is 4. The van der Waals surface area contributed by atoms with E-state index in [1.807, 2.05) is 0 Å². The van der Waals surface area contributed by atoms with E-state index in [0.717, 1.165) is 4.57 Å². The van der Waals surface area contributed by atoms with Gasteiger partial charge in [-0.1, -0.05) is 0 Å². The Labute approximate surface area is 127 Å². The van der Waals surface area contributed by atoms with Crippen LogP contribution in [0, 0.1) is 6.08 Å². The van der Waals surface area contributed by atoms with Crippen molar-refractivity contribution in [3.05, 3.63) is 11.4 Å². The van der Waals surface area contributed by atoms with Crippen LogP contribution in [0.15, 0.2) is 0 Å². The van der Waals surface area contributed by atoms with E-state index in [2.05, 4.69) is 15.0 Å². The summed E-state index contributed by atoms with van der Waals surface area (Å²) in [6.45, 7) is 0. The number of hydrogen-bond donors (Lipinski definition) is 3. The number of ether oxygens (including phenoxy) is 1. The third-order valence-corrected chi connectivity index (χ3v) is 3.81. The van der Waals surface area contributed by atoms with Crippen LogP contribution in [0.3, 0.4) is 0 Å². The summed E-state index contributed by atoms with van der Waals surface area (Å²) in [7, 11) is 0. The number of nitrogens with two attached hydrogens (primary N) is 1. The molecule has 114 valence electrons. The van der Waals surface area contributed by atoms with Crippen LogP contribution < -0.4 is 5.73 Å². The lowest BCUT2D eigenvalue weighted by Crippen LogP contribution is -2.32. The van der Waals surface area contributed by atoms with E-state index < -0.39 is 30.6 Å². The fourth-order valence-corrected chi connectivity index (χ4v) is 2.75. The zero-order valence-corrected chi connectivity index (χ0v) is 11.8.